The van der Waals surface area contributed by atoms with Gasteiger partial charge in [0.15, 0.2) is 16.6 Å². The van der Waals surface area contributed by atoms with E-state index in [9.17, 15) is 0 Å². The minimum absolute atomic E-state index is 0.413. The van der Waals surface area contributed by atoms with E-state index < -0.39 is 0 Å². The fourth-order valence-corrected chi connectivity index (χ4v) is 3.71. The van der Waals surface area contributed by atoms with E-state index in [2.05, 4.69) is 15.7 Å². The van der Waals surface area contributed by atoms with Gasteiger partial charge in [-0.05, 0) is 62.0 Å². The number of aromatic nitrogens is 2. The van der Waals surface area contributed by atoms with Crippen LogP contribution >= 0.6 is 35.4 Å². The third kappa shape index (κ3) is 4.98. The zero-order valence-electron chi connectivity index (χ0n) is 17.0. The lowest BCUT2D eigenvalue weighted by molar-refractivity contribution is 0.354. The van der Waals surface area contributed by atoms with Gasteiger partial charge in [-0.15, -0.1) is 0 Å². The van der Waals surface area contributed by atoms with Crippen LogP contribution in [0.4, 0.5) is 11.4 Å². The maximum Gasteiger partial charge on any atom is 0.175 e. The number of rotatable bonds is 6. The van der Waals surface area contributed by atoms with Crippen LogP contribution in [0.15, 0.2) is 36.4 Å². The Balaban J connectivity index is 1.76. The van der Waals surface area contributed by atoms with Crippen LogP contribution in [-0.4, -0.2) is 29.1 Å². The van der Waals surface area contributed by atoms with E-state index in [4.69, 9.17) is 44.9 Å². The van der Waals surface area contributed by atoms with Gasteiger partial charge in [0, 0.05) is 5.02 Å². The van der Waals surface area contributed by atoms with Crippen LogP contribution in [0, 0.1) is 13.8 Å². The summed E-state index contributed by atoms with van der Waals surface area (Å²) in [5.41, 5.74) is 4.34. The Morgan fingerprint density at radius 3 is 2.43 bits per heavy atom. The van der Waals surface area contributed by atoms with Crippen LogP contribution in [0.1, 0.15) is 17.0 Å². The maximum atomic E-state index is 6.21. The largest absolute Gasteiger partial charge is 0.493 e. The van der Waals surface area contributed by atoms with Crippen molar-refractivity contribution >= 4 is 51.9 Å². The van der Waals surface area contributed by atoms with Gasteiger partial charge >= 0.3 is 0 Å². The number of ether oxygens (including phenoxy) is 2. The highest BCUT2D eigenvalue weighted by Crippen LogP contribution is 2.29. The molecule has 0 radical (unpaired) electrons. The predicted molar refractivity (Wildman–Crippen MR) is 127 cm³/mol. The normalized spacial score (nSPS) is 10.6. The number of methoxy groups -OCH3 is 2. The molecule has 30 heavy (non-hydrogen) atoms. The lowest BCUT2D eigenvalue weighted by Crippen LogP contribution is -2.20. The summed E-state index contributed by atoms with van der Waals surface area (Å²) in [6.07, 6.45) is 0. The molecule has 158 valence electrons. The molecule has 1 heterocycles. The molecule has 0 bridgehead atoms. The third-order valence-corrected chi connectivity index (χ3v) is 5.33. The highest BCUT2D eigenvalue weighted by molar-refractivity contribution is 7.80. The van der Waals surface area contributed by atoms with Crippen molar-refractivity contribution < 1.29 is 9.47 Å². The topological polar surface area (TPSA) is 60.3 Å². The molecule has 3 rings (SSSR count). The Hall–Kier alpha value is -2.48. The van der Waals surface area contributed by atoms with Crippen molar-refractivity contribution in [2.45, 2.75) is 20.4 Å². The minimum atomic E-state index is 0.413. The van der Waals surface area contributed by atoms with E-state index in [-0.39, 0.29) is 0 Å². The lowest BCUT2D eigenvalue weighted by atomic mass is 10.2. The number of halogens is 2. The summed E-state index contributed by atoms with van der Waals surface area (Å²) in [6, 6.07) is 11.0. The highest BCUT2D eigenvalue weighted by atomic mass is 35.5. The molecule has 0 saturated carbocycles. The molecular formula is C21H22Cl2N4O2S. The molecule has 0 spiro atoms. The zero-order chi connectivity index (χ0) is 21.8. The van der Waals surface area contributed by atoms with Crippen molar-refractivity contribution in [1.29, 1.82) is 0 Å². The van der Waals surface area contributed by atoms with Gasteiger partial charge < -0.3 is 20.1 Å². The predicted octanol–water partition coefficient (Wildman–Crippen LogP) is 5.68. The van der Waals surface area contributed by atoms with Crippen LogP contribution < -0.4 is 20.1 Å². The van der Waals surface area contributed by atoms with E-state index in [1.165, 1.54) is 0 Å². The summed E-state index contributed by atoms with van der Waals surface area (Å²) in [6.45, 7) is 4.50. The van der Waals surface area contributed by atoms with E-state index in [1.807, 2.05) is 36.7 Å². The van der Waals surface area contributed by atoms with Crippen molar-refractivity contribution in [3.63, 3.8) is 0 Å². The number of anilines is 2. The van der Waals surface area contributed by atoms with Crippen molar-refractivity contribution in [3.8, 4) is 11.5 Å². The van der Waals surface area contributed by atoms with E-state index in [1.54, 1.807) is 32.4 Å². The summed E-state index contributed by atoms with van der Waals surface area (Å²) in [5.74, 6) is 1.37. The third-order valence-electron chi connectivity index (χ3n) is 4.58. The molecule has 2 aromatic carbocycles. The first-order valence-electron chi connectivity index (χ1n) is 9.10. The van der Waals surface area contributed by atoms with Crippen molar-refractivity contribution in [3.05, 3.63) is 63.4 Å². The molecular weight excluding hydrogens is 443 g/mol. The molecule has 2 N–H and O–H groups in total. The standard InChI is InChI=1S/C21H22Cl2N4O2S/c1-12-20(25-21(30)24-17-7-6-15(22)10-16(17)23)13(2)27(26-12)11-14-5-8-18(28-3)19(9-14)29-4/h5-10H,11H2,1-4H3,(H2,24,25,30). The Bertz CT molecular complexity index is 1090. The van der Waals surface area contributed by atoms with Gasteiger partial charge in [0.05, 0.1) is 48.5 Å². The molecule has 0 unspecified atom stereocenters. The smallest absolute Gasteiger partial charge is 0.175 e. The first-order valence-corrected chi connectivity index (χ1v) is 10.3. The van der Waals surface area contributed by atoms with Gasteiger partial charge in [-0.1, -0.05) is 29.3 Å². The zero-order valence-corrected chi connectivity index (χ0v) is 19.4. The summed E-state index contributed by atoms with van der Waals surface area (Å²) >= 11 is 17.6. The second kappa shape index (κ2) is 9.55. The summed E-state index contributed by atoms with van der Waals surface area (Å²) in [5, 5.41) is 12.4. The second-order valence-electron chi connectivity index (χ2n) is 6.60. The maximum absolute atomic E-state index is 6.21. The SMILES string of the molecule is COc1ccc(Cn2nc(C)c(NC(=S)Nc3ccc(Cl)cc3Cl)c2C)cc1OC. The fraction of sp³-hybridized carbons (Fsp3) is 0.238. The fourth-order valence-electron chi connectivity index (χ4n) is 3.04. The first-order chi connectivity index (χ1) is 14.3. The second-order valence-corrected chi connectivity index (χ2v) is 7.85. The molecule has 6 nitrogen and oxygen atoms in total. The summed E-state index contributed by atoms with van der Waals surface area (Å²) < 4.78 is 12.6. The number of thiocarbonyl (C=S) groups is 1. The van der Waals surface area contributed by atoms with Gasteiger partial charge in [-0.25, -0.2) is 0 Å². The van der Waals surface area contributed by atoms with Gasteiger partial charge in [0.2, 0.25) is 0 Å². The highest BCUT2D eigenvalue weighted by Gasteiger charge is 2.15. The molecule has 3 aromatic rings. The first kappa shape index (κ1) is 22.2. The molecule has 0 aliphatic carbocycles. The van der Waals surface area contributed by atoms with Crippen molar-refractivity contribution in [2.75, 3.05) is 24.9 Å². The molecule has 0 atom stereocenters. The van der Waals surface area contributed by atoms with E-state index in [0.717, 1.165) is 22.6 Å². The van der Waals surface area contributed by atoms with Crippen LogP contribution in [0.25, 0.3) is 0 Å². The number of hydrogen-bond donors (Lipinski definition) is 2. The average molecular weight is 465 g/mol. The van der Waals surface area contributed by atoms with Gasteiger partial charge in [0.25, 0.3) is 0 Å². The van der Waals surface area contributed by atoms with Gasteiger partial charge in [-0.3, -0.25) is 4.68 Å². The minimum Gasteiger partial charge on any atom is -0.493 e. The van der Waals surface area contributed by atoms with Crippen molar-refractivity contribution in [2.24, 2.45) is 0 Å². The van der Waals surface area contributed by atoms with E-state index >= 15 is 0 Å². The van der Waals surface area contributed by atoms with Crippen molar-refractivity contribution in [1.82, 2.24) is 9.78 Å². The van der Waals surface area contributed by atoms with Crippen LogP contribution in [-0.2, 0) is 6.54 Å². The Morgan fingerprint density at radius 2 is 1.77 bits per heavy atom. The molecule has 0 aliphatic rings. The van der Waals surface area contributed by atoms with Gasteiger partial charge in [0.1, 0.15) is 0 Å². The quantitative estimate of drug-likeness (QED) is 0.457. The van der Waals surface area contributed by atoms with Gasteiger partial charge in [-0.2, -0.15) is 5.10 Å². The monoisotopic (exact) mass is 464 g/mol. The number of hydrogen-bond acceptors (Lipinski definition) is 4. The Kier molecular flexibility index (Phi) is 7.07. The number of aryl methyl sites for hydroxylation is 1. The molecule has 0 amide bonds. The Morgan fingerprint density at radius 1 is 1.03 bits per heavy atom. The summed E-state index contributed by atoms with van der Waals surface area (Å²) in [7, 11) is 3.23. The molecule has 1 aromatic heterocycles. The summed E-state index contributed by atoms with van der Waals surface area (Å²) in [4.78, 5) is 0. The number of nitrogens with one attached hydrogen (secondary N) is 2. The van der Waals surface area contributed by atoms with Crippen LogP contribution in [0.2, 0.25) is 10.0 Å². The number of benzene rings is 2. The van der Waals surface area contributed by atoms with Crippen LogP contribution in [0.5, 0.6) is 11.5 Å². The lowest BCUT2D eigenvalue weighted by Gasteiger charge is -2.13. The Labute approximate surface area is 191 Å². The van der Waals surface area contributed by atoms with E-state index in [0.29, 0.717) is 38.9 Å². The average Bonchev–Trinajstić information content (AvgIpc) is 2.97. The molecule has 0 aliphatic heterocycles. The molecule has 0 saturated heterocycles. The van der Waals surface area contributed by atoms with Crippen LogP contribution in [0.3, 0.4) is 0 Å². The number of nitrogens with zero attached hydrogens (tertiary/aromatic N) is 2. The molecule has 9 heteroatoms. The molecule has 0 fully saturated rings.